The lowest BCUT2D eigenvalue weighted by molar-refractivity contribution is -0.117. The Kier molecular flexibility index (Phi) is 3.65. The van der Waals surface area contributed by atoms with Crippen LogP contribution in [0.3, 0.4) is 0 Å². The molecule has 1 N–H and O–H groups in total. The fourth-order valence-electron chi connectivity index (χ4n) is 2.86. The average Bonchev–Trinajstić information content (AvgIpc) is 2.84. The summed E-state index contributed by atoms with van der Waals surface area (Å²) in [6.45, 7) is 2.11. The fourth-order valence-corrected chi connectivity index (χ4v) is 2.86. The zero-order chi connectivity index (χ0) is 13.9. The molecule has 1 fully saturated rings. The van der Waals surface area contributed by atoms with Gasteiger partial charge in [0, 0.05) is 24.5 Å². The summed E-state index contributed by atoms with van der Waals surface area (Å²) in [5, 5.41) is 4.05. The van der Waals surface area contributed by atoms with Gasteiger partial charge in [-0.1, -0.05) is 18.2 Å². The number of carbonyl (C=O) groups is 1. The van der Waals surface area contributed by atoms with E-state index in [-0.39, 0.29) is 5.91 Å². The summed E-state index contributed by atoms with van der Waals surface area (Å²) in [4.78, 5) is 18.8. The SMILES string of the molecule is CN1CCC(CC(=O)Nc2cccc3cccnc23)C1. The molecular formula is C16H19N3O. The van der Waals surface area contributed by atoms with Gasteiger partial charge in [-0.2, -0.15) is 0 Å². The Morgan fingerprint density at radius 1 is 1.40 bits per heavy atom. The molecule has 1 amide bonds. The van der Waals surface area contributed by atoms with E-state index in [1.165, 1.54) is 0 Å². The van der Waals surface area contributed by atoms with Crippen molar-refractivity contribution < 1.29 is 4.79 Å². The van der Waals surface area contributed by atoms with Crippen LogP contribution in [0.4, 0.5) is 5.69 Å². The summed E-state index contributed by atoms with van der Waals surface area (Å²) in [6, 6.07) is 9.77. The Bertz CT molecular complexity index is 621. The van der Waals surface area contributed by atoms with Crippen molar-refractivity contribution in [2.24, 2.45) is 5.92 Å². The standard InChI is InChI=1S/C16H19N3O/c1-19-9-7-12(11-19)10-15(20)18-14-6-2-4-13-5-3-8-17-16(13)14/h2-6,8,12H,7,9-11H2,1H3,(H,18,20). The number of benzene rings is 1. The van der Waals surface area contributed by atoms with Crippen LogP contribution >= 0.6 is 0 Å². The predicted octanol–water partition coefficient (Wildman–Crippen LogP) is 2.52. The summed E-state index contributed by atoms with van der Waals surface area (Å²) < 4.78 is 0. The van der Waals surface area contributed by atoms with Crippen LogP contribution in [0, 0.1) is 5.92 Å². The molecule has 1 aliphatic rings. The molecule has 20 heavy (non-hydrogen) atoms. The molecule has 0 spiro atoms. The van der Waals surface area contributed by atoms with E-state index < -0.39 is 0 Å². The van der Waals surface area contributed by atoms with Crippen molar-refractivity contribution in [1.29, 1.82) is 0 Å². The minimum atomic E-state index is 0.0865. The molecule has 1 unspecified atom stereocenters. The number of nitrogens with zero attached hydrogens (tertiary/aromatic N) is 2. The smallest absolute Gasteiger partial charge is 0.224 e. The topological polar surface area (TPSA) is 45.2 Å². The highest BCUT2D eigenvalue weighted by Crippen LogP contribution is 2.22. The average molecular weight is 269 g/mol. The van der Waals surface area contributed by atoms with Gasteiger partial charge in [-0.15, -0.1) is 0 Å². The van der Waals surface area contributed by atoms with E-state index >= 15 is 0 Å². The van der Waals surface area contributed by atoms with Gasteiger partial charge < -0.3 is 10.2 Å². The molecular weight excluding hydrogens is 250 g/mol. The second-order valence-corrected chi connectivity index (χ2v) is 5.55. The first-order valence-corrected chi connectivity index (χ1v) is 7.04. The normalized spacial score (nSPS) is 19.4. The van der Waals surface area contributed by atoms with E-state index in [1.54, 1.807) is 6.20 Å². The van der Waals surface area contributed by atoms with Crippen molar-refractivity contribution in [3.05, 3.63) is 36.5 Å². The molecule has 1 aromatic heterocycles. The van der Waals surface area contributed by atoms with E-state index in [0.29, 0.717) is 12.3 Å². The first-order valence-electron chi connectivity index (χ1n) is 7.04. The van der Waals surface area contributed by atoms with Crippen molar-refractivity contribution >= 4 is 22.5 Å². The maximum absolute atomic E-state index is 12.2. The number of carbonyl (C=O) groups excluding carboxylic acids is 1. The molecule has 0 radical (unpaired) electrons. The number of hydrogen-bond donors (Lipinski definition) is 1. The highest BCUT2D eigenvalue weighted by atomic mass is 16.1. The van der Waals surface area contributed by atoms with Crippen LogP contribution in [-0.2, 0) is 4.79 Å². The molecule has 0 bridgehead atoms. The molecule has 1 aromatic carbocycles. The first-order chi connectivity index (χ1) is 9.72. The Morgan fingerprint density at radius 3 is 3.05 bits per heavy atom. The quantitative estimate of drug-likeness (QED) is 0.931. The van der Waals surface area contributed by atoms with Crippen molar-refractivity contribution in [1.82, 2.24) is 9.88 Å². The lowest BCUT2D eigenvalue weighted by atomic mass is 10.0. The molecule has 3 rings (SSSR count). The Morgan fingerprint density at radius 2 is 2.25 bits per heavy atom. The van der Waals surface area contributed by atoms with Crippen molar-refractivity contribution in [3.8, 4) is 0 Å². The lowest BCUT2D eigenvalue weighted by Gasteiger charge is -2.11. The summed E-state index contributed by atoms with van der Waals surface area (Å²) in [6.07, 6.45) is 3.45. The van der Waals surface area contributed by atoms with Crippen LogP contribution in [0.1, 0.15) is 12.8 Å². The lowest BCUT2D eigenvalue weighted by Crippen LogP contribution is -2.19. The van der Waals surface area contributed by atoms with Gasteiger partial charge in [-0.05, 0) is 38.1 Å². The van der Waals surface area contributed by atoms with Crippen molar-refractivity contribution in [2.75, 3.05) is 25.5 Å². The number of fused-ring (bicyclic) bond motifs is 1. The highest BCUT2D eigenvalue weighted by Gasteiger charge is 2.22. The molecule has 1 atom stereocenters. The molecule has 4 nitrogen and oxygen atoms in total. The molecule has 2 heterocycles. The van der Waals surface area contributed by atoms with Crippen LogP contribution in [0.15, 0.2) is 36.5 Å². The number of para-hydroxylation sites is 1. The van der Waals surface area contributed by atoms with Gasteiger partial charge in [0.1, 0.15) is 0 Å². The molecule has 104 valence electrons. The predicted molar refractivity (Wildman–Crippen MR) is 80.6 cm³/mol. The maximum atomic E-state index is 12.2. The van der Waals surface area contributed by atoms with Gasteiger partial charge in [0.25, 0.3) is 0 Å². The summed E-state index contributed by atoms with van der Waals surface area (Å²) in [5.74, 6) is 0.561. The molecule has 0 saturated carbocycles. The minimum Gasteiger partial charge on any atom is -0.324 e. The fraction of sp³-hybridized carbons (Fsp3) is 0.375. The first kappa shape index (κ1) is 13.1. The number of pyridine rings is 1. The van der Waals surface area contributed by atoms with Crippen LogP contribution < -0.4 is 5.32 Å². The molecule has 0 aliphatic carbocycles. The van der Waals surface area contributed by atoms with Crippen molar-refractivity contribution in [2.45, 2.75) is 12.8 Å². The van der Waals surface area contributed by atoms with Gasteiger partial charge in [0.15, 0.2) is 0 Å². The Hall–Kier alpha value is -1.94. The van der Waals surface area contributed by atoms with Crippen molar-refractivity contribution in [3.63, 3.8) is 0 Å². The molecule has 4 heteroatoms. The van der Waals surface area contributed by atoms with E-state index in [4.69, 9.17) is 0 Å². The van der Waals surface area contributed by atoms with Gasteiger partial charge in [0.2, 0.25) is 5.91 Å². The van der Waals surface area contributed by atoms with Crippen LogP contribution in [-0.4, -0.2) is 35.9 Å². The molecule has 2 aromatic rings. The van der Waals surface area contributed by atoms with Gasteiger partial charge in [-0.25, -0.2) is 0 Å². The number of rotatable bonds is 3. The summed E-state index contributed by atoms with van der Waals surface area (Å²) >= 11 is 0. The van der Waals surface area contributed by atoms with Gasteiger partial charge in [-0.3, -0.25) is 9.78 Å². The van der Waals surface area contributed by atoms with E-state index in [9.17, 15) is 4.79 Å². The van der Waals surface area contributed by atoms with E-state index in [1.807, 2.05) is 30.3 Å². The van der Waals surface area contributed by atoms with E-state index in [0.717, 1.165) is 36.1 Å². The Balaban J connectivity index is 1.71. The van der Waals surface area contributed by atoms with Gasteiger partial charge >= 0.3 is 0 Å². The van der Waals surface area contributed by atoms with Crippen LogP contribution in [0.5, 0.6) is 0 Å². The third kappa shape index (κ3) is 2.80. The Labute approximate surface area is 118 Å². The highest BCUT2D eigenvalue weighted by molar-refractivity contribution is 6.00. The second-order valence-electron chi connectivity index (χ2n) is 5.55. The number of aromatic nitrogens is 1. The molecule has 1 aliphatic heterocycles. The number of nitrogens with one attached hydrogen (secondary N) is 1. The largest absolute Gasteiger partial charge is 0.324 e. The van der Waals surface area contributed by atoms with Crippen LogP contribution in [0.2, 0.25) is 0 Å². The van der Waals surface area contributed by atoms with Crippen LogP contribution in [0.25, 0.3) is 10.9 Å². The third-order valence-corrected chi connectivity index (χ3v) is 3.87. The monoisotopic (exact) mass is 269 g/mol. The minimum absolute atomic E-state index is 0.0865. The molecule has 1 saturated heterocycles. The number of amides is 1. The number of anilines is 1. The number of likely N-dealkylation sites (tertiary alicyclic amines) is 1. The number of hydrogen-bond acceptors (Lipinski definition) is 3. The zero-order valence-corrected chi connectivity index (χ0v) is 11.7. The third-order valence-electron chi connectivity index (χ3n) is 3.87. The van der Waals surface area contributed by atoms with Gasteiger partial charge in [0.05, 0.1) is 11.2 Å². The zero-order valence-electron chi connectivity index (χ0n) is 11.7. The van der Waals surface area contributed by atoms with E-state index in [2.05, 4.69) is 22.2 Å². The maximum Gasteiger partial charge on any atom is 0.224 e. The summed E-state index contributed by atoms with van der Waals surface area (Å²) in [7, 11) is 2.10. The summed E-state index contributed by atoms with van der Waals surface area (Å²) in [5.41, 5.74) is 1.66. The second kappa shape index (κ2) is 5.59.